The van der Waals surface area contributed by atoms with Crippen LogP contribution in [0.25, 0.3) is 6.08 Å². The fraction of sp³-hybridized carbons (Fsp3) is 0.222. The number of hydrogen-bond acceptors (Lipinski definition) is 5. The van der Waals surface area contributed by atoms with Gasteiger partial charge in [-0.2, -0.15) is 0 Å². The monoisotopic (exact) mass is 359 g/mol. The highest BCUT2D eigenvalue weighted by molar-refractivity contribution is 7.17. The number of carboxylic acid groups (broad SMARTS) is 1. The van der Waals surface area contributed by atoms with Crippen LogP contribution in [0.4, 0.5) is 5.00 Å². The summed E-state index contributed by atoms with van der Waals surface area (Å²) in [6.45, 7) is 0. The molecule has 2 aromatic rings. The van der Waals surface area contributed by atoms with Gasteiger partial charge in [-0.15, -0.1) is 11.3 Å². The first kappa shape index (κ1) is 17.0. The number of nitrogens with one attached hydrogen (secondary N) is 1. The van der Waals surface area contributed by atoms with Crippen molar-refractivity contribution in [3.63, 3.8) is 0 Å². The second kappa shape index (κ2) is 6.98. The zero-order valence-electron chi connectivity index (χ0n) is 13.3. The van der Waals surface area contributed by atoms with Crippen LogP contribution in [0.3, 0.4) is 0 Å². The van der Waals surface area contributed by atoms with E-state index in [1.165, 1.54) is 35.6 Å². The van der Waals surface area contributed by atoms with E-state index in [0.717, 1.165) is 36.1 Å². The van der Waals surface area contributed by atoms with E-state index in [1.54, 1.807) is 6.07 Å². The quantitative estimate of drug-likeness (QED) is 0.494. The lowest BCUT2D eigenvalue weighted by molar-refractivity contribution is -0.111. The van der Waals surface area contributed by atoms with E-state index in [1.807, 2.05) is 0 Å². The number of aromatic carboxylic acids is 1. The highest BCUT2D eigenvalue weighted by atomic mass is 32.1. The summed E-state index contributed by atoms with van der Waals surface area (Å²) in [5.74, 6) is -1.99. The molecular weight excluding hydrogens is 342 g/mol. The standard InChI is InChI=1S/C18H17NO5S/c20-12-7-5-10(9-13(12)21)6-8-15(22)19-17-16(18(23)24)11-3-1-2-4-14(11)25-17/h5-9,20-21H,1-4H2,(H,19,22)(H,23,24)/b8-6+. The van der Waals surface area contributed by atoms with Crippen molar-refractivity contribution < 1.29 is 24.9 Å². The molecule has 1 aliphatic rings. The molecule has 0 aliphatic heterocycles. The maximum absolute atomic E-state index is 12.1. The molecule has 7 heteroatoms. The average molecular weight is 359 g/mol. The molecule has 6 nitrogen and oxygen atoms in total. The van der Waals surface area contributed by atoms with Gasteiger partial charge in [0.2, 0.25) is 5.91 Å². The van der Waals surface area contributed by atoms with E-state index in [9.17, 15) is 24.9 Å². The molecular formula is C18H17NO5S. The zero-order valence-corrected chi connectivity index (χ0v) is 14.1. The Morgan fingerprint density at radius 3 is 2.60 bits per heavy atom. The van der Waals surface area contributed by atoms with Crippen molar-refractivity contribution >= 4 is 34.3 Å². The summed E-state index contributed by atoms with van der Waals surface area (Å²) in [6, 6.07) is 4.19. The smallest absolute Gasteiger partial charge is 0.339 e. The van der Waals surface area contributed by atoms with Gasteiger partial charge in [-0.05, 0) is 55.0 Å². The number of aromatic hydroxyl groups is 2. The number of phenolic OH excluding ortho intramolecular Hbond substituents is 2. The third-order valence-corrected chi connectivity index (χ3v) is 5.26. The molecule has 0 bridgehead atoms. The number of carboxylic acids is 1. The molecule has 1 heterocycles. The molecule has 0 saturated heterocycles. The molecule has 130 valence electrons. The van der Waals surface area contributed by atoms with Gasteiger partial charge in [-0.25, -0.2) is 4.79 Å². The van der Waals surface area contributed by atoms with Crippen LogP contribution < -0.4 is 5.32 Å². The fourth-order valence-corrected chi connectivity index (χ4v) is 4.13. The van der Waals surface area contributed by atoms with Crippen molar-refractivity contribution in [3.05, 3.63) is 45.8 Å². The summed E-state index contributed by atoms with van der Waals surface area (Å²) in [5.41, 5.74) is 1.57. The number of rotatable bonds is 4. The van der Waals surface area contributed by atoms with Crippen LogP contribution in [-0.4, -0.2) is 27.2 Å². The Morgan fingerprint density at radius 2 is 1.88 bits per heavy atom. The van der Waals surface area contributed by atoms with Gasteiger partial charge in [0.25, 0.3) is 0 Å². The third-order valence-electron chi connectivity index (χ3n) is 4.05. The maximum Gasteiger partial charge on any atom is 0.339 e. The normalized spacial score (nSPS) is 13.6. The Kier molecular flexibility index (Phi) is 4.76. The number of amides is 1. The van der Waals surface area contributed by atoms with Crippen LogP contribution in [-0.2, 0) is 17.6 Å². The van der Waals surface area contributed by atoms with E-state index in [0.29, 0.717) is 10.6 Å². The molecule has 1 amide bonds. The van der Waals surface area contributed by atoms with Crippen LogP contribution >= 0.6 is 11.3 Å². The minimum absolute atomic E-state index is 0.198. The van der Waals surface area contributed by atoms with Gasteiger partial charge in [0, 0.05) is 11.0 Å². The molecule has 0 atom stereocenters. The minimum atomic E-state index is -1.03. The van der Waals surface area contributed by atoms with E-state index >= 15 is 0 Å². The maximum atomic E-state index is 12.1. The molecule has 0 unspecified atom stereocenters. The predicted molar refractivity (Wildman–Crippen MR) is 95.4 cm³/mol. The van der Waals surface area contributed by atoms with Crippen molar-refractivity contribution in [2.75, 3.05) is 5.32 Å². The first-order chi connectivity index (χ1) is 12.0. The third kappa shape index (κ3) is 3.66. The van der Waals surface area contributed by atoms with Gasteiger partial charge in [-0.3, -0.25) is 4.79 Å². The Labute approximate surface area is 148 Å². The number of anilines is 1. The van der Waals surface area contributed by atoms with E-state index < -0.39 is 11.9 Å². The van der Waals surface area contributed by atoms with Gasteiger partial charge in [0.15, 0.2) is 11.5 Å². The first-order valence-electron chi connectivity index (χ1n) is 7.84. The second-order valence-electron chi connectivity index (χ2n) is 5.79. The van der Waals surface area contributed by atoms with Crippen molar-refractivity contribution in [1.29, 1.82) is 0 Å². The van der Waals surface area contributed by atoms with Crippen molar-refractivity contribution in [1.82, 2.24) is 0 Å². The van der Waals surface area contributed by atoms with Gasteiger partial charge in [-0.1, -0.05) is 6.07 Å². The molecule has 25 heavy (non-hydrogen) atoms. The Hall–Kier alpha value is -2.80. The Morgan fingerprint density at radius 1 is 1.12 bits per heavy atom. The Balaban J connectivity index is 1.79. The summed E-state index contributed by atoms with van der Waals surface area (Å²) in [5, 5.41) is 31.2. The second-order valence-corrected chi connectivity index (χ2v) is 6.90. The molecule has 0 saturated carbocycles. The first-order valence-corrected chi connectivity index (χ1v) is 8.66. The number of hydrogen-bond donors (Lipinski definition) is 4. The predicted octanol–water partition coefficient (Wildman–Crippen LogP) is 3.39. The SMILES string of the molecule is O=C(/C=C/c1ccc(O)c(O)c1)Nc1sc2c(c1C(=O)O)CCCC2. The molecule has 3 rings (SSSR count). The minimum Gasteiger partial charge on any atom is -0.504 e. The van der Waals surface area contributed by atoms with Crippen molar-refractivity contribution in [2.24, 2.45) is 0 Å². The van der Waals surface area contributed by atoms with E-state index in [4.69, 9.17) is 0 Å². The lowest BCUT2D eigenvalue weighted by Gasteiger charge is -2.10. The lowest BCUT2D eigenvalue weighted by atomic mass is 9.95. The molecule has 0 fully saturated rings. The number of carbonyl (C=O) groups excluding carboxylic acids is 1. The number of thiophene rings is 1. The number of benzene rings is 1. The zero-order chi connectivity index (χ0) is 18.0. The molecule has 0 radical (unpaired) electrons. The van der Waals surface area contributed by atoms with Crippen LogP contribution in [0.1, 0.15) is 39.2 Å². The van der Waals surface area contributed by atoms with Gasteiger partial charge < -0.3 is 20.6 Å². The number of aryl methyl sites for hydroxylation is 1. The molecule has 1 aliphatic carbocycles. The van der Waals surface area contributed by atoms with Crippen molar-refractivity contribution in [2.45, 2.75) is 25.7 Å². The van der Waals surface area contributed by atoms with Gasteiger partial charge >= 0.3 is 5.97 Å². The van der Waals surface area contributed by atoms with E-state index in [2.05, 4.69) is 5.32 Å². The molecule has 1 aromatic carbocycles. The highest BCUT2D eigenvalue weighted by Gasteiger charge is 2.25. The summed E-state index contributed by atoms with van der Waals surface area (Å²) in [4.78, 5) is 24.7. The Bertz CT molecular complexity index is 869. The number of phenols is 2. The van der Waals surface area contributed by atoms with E-state index in [-0.39, 0.29) is 17.1 Å². The summed E-state index contributed by atoms with van der Waals surface area (Å²) >= 11 is 1.32. The highest BCUT2D eigenvalue weighted by Crippen LogP contribution is 2.38. The summed E-state index contributed by atoms with van der Waals surface area (Å²) in [7, 11) is 0. The fourth-order valence-electron chi connectivity index (χ4n) is 2.85. The molecule has 4 N–H and O–H groups in total. The van der Waals surface area contributed by atoms with Crippen LogP contribution in [0.2, 0.25) is 0 Å². The number of fused-ring (bicyclic) bond motifs is 1. The van der Waals surface area contributed by atoms with Gasteiger partial charge in [0.1, 0.15) is 5.00 Å². The molecule has 1 aromatic heterocycles. The molecule has 0 spiro atoms. The largest absolute Gasteiger partial charge is 0.504 e. The number of carbonyl (C=O) groups is 2. The van der Waals surface area contributed by atoms with Crippen LogP contribution in [0, 0.1) is 0 Å². The average Bonchev–Trinajstić information content (AvgIpc) is 2.93. The van der Waals surface area contributed by atoms with Crippen LogP contribution in [0.15, 0.2) is 24.3 Å². The lowest BCUT2D eigenvalue weighted by Crippen LogP contribution is -2.11. The summed E-state index contributed by atoms with van der Waals surface area (Å²) < 4.78 is 0. The topological polar surface area (TPSA) is 107 Å². The van der Waals surface area contributed by atoms with Crippen molar-refractivity contribution in [3.8, 4) is 11.5 Å². The van der Waals surface area contributed by atoms with Gasteiger partial charge in [0.05, 0.1) is 5.56 Å². The summed E-state index contributed by atoms with van der Waals surface area (Å²) in [6.07, 6.45) is 6.30. The van der Waals surface area contributed by atoms with Crippen LogP contribution in [0.5, 0.6) is 11.5 Å².